The van der Waals surface area contributed by atoms with E-state index in [9.17, 15) is 0 Å². The lowest BCUT2D eigenvalue weighted by atomic mass is 9.96. The first kappa shape index (κ1) is 16.7. The van der Waals surface area contributed by atoms with Crippen LogP contribution in [-0.2, 0) is 4.74 Å². The van der Waals surface area contributed by atoms with E-state index < -0.39 is 0 Å². The molecule has 0 amide bonds. The fraction of sp³-hybridized carbons (Fsp3) is 0.857. The molecule has 2 fully saturated rings. The van der Waals surface area contributed by atoms with Gasteiger partial charge in [-0.15, -0.1) is 0 Å². The number of ether oxygens (including phenoxy) is 1. The van der Waals surface area contributed by atoms with Crippen LogP contribution in [-0.4, -0.2) is 62.4 Å². The van der Waals surface area contributed by atoms with Gasteiger partial charge in [0, 0.05) is 19.6 Å². The molecule has 0 atom stereocenters. The minimum atomic E-state index is 0.496. The Bertz CT molecular complexity index is 333. The minimum Gasteiger partial charge on any atom is -0.379 e. The predicted octanol–water partition coefficient (Wildman–Crippen LogP) is 2.14. The first-order valence-corrected chi connectivity index (χ1v) is 7.36. The van der Waals surface area contributed by atoms with E-state index in [0.717, 1.165) is 39.4 Å². The van der Waals surface area contributed by atoms with Gasteiger partial charge >= 0.3 is 0 Å². The Morgan fingerprint density at radius 2 is 1.75 bits per heavy atom. The number of morpholine rings is 1. The third-order valence-electron chi connectivity index (χ3n) is 3.52. The van der Waals surface area contributed by atoms with Crippen molar-refractivity contribution in [3.05, 3.63) is 0 Å². The molecule has 1 aliphatic heterocycles. The van der Waals surface area contributed by atoms with Gasteiger partial charge in [-0.05, 0) is 12.8 Å². The Morgan fingerprint density at radius 3 is 2.40 bits per heavy atom. The average Bonchev–Trinajstić information content (AvgIpc) is 2.50. The number of hydrogen-bond acceptors (Lipinski definition) is 6. The molecule has 0 aromatic carbocycles. The molecule has 0 radical (unpaired) electrons. The summed E-state index contributed by atoms with van der Waals surface area (Å²) in [5.74, 6) is 0. The van der Waals surface area contributed by atoms with Crippen LogP contribution in [0.3, 0.4) is 0 Å². The van der Waals surface area contributed by atoms with Gasteiger partial charge in [0.15, 0.2) is 0 Å². The second-order valence-corrected chi connectivity index (χ2v) is 4.98. The van der Waals surface area contributed by atoms with Gasteiger partial charge in [0.05, 0.1) is 37.8 Å². The molecule has 0 aromatic rings. The van der Waals surface area contributed by atoms with E-state index in [1.807, 2.05) is 0 Å². The lowest BCUT2D eigenvalue weighted by molar-refractivity contribution is 0.0395. The van der Waals surface area contributed by atoms with Crippen LogP contribution in [0.25, 0.3) is 0 Å². The summed E-state index contributed by atoms with van der Waals surface area (Å²) in [5.41, 5.74) is 0. The highest BCUT2D eigenvalue weighted by Gasteiger charge is 2.11. The van der Waals surface area contributed by atoms with Crippen molar-refractivity contribution in [2.24, 2.45) is 9.98 Å². The van der Waals surface area contributed by atoms with E-state index in [1.165, 1.54) is 38.1 Å². The summed E-state index contributed by atoms with van der Waals surface area (Å²) in [4.78, 5) is 11.1. The molecular formula is C14H25N5O. The van der Waals surface area contributed by atoms with Gasteiger partial charge < -0.3 is 4.74 Å². The van der Waals surface area contributed by atoms with Gasteiger partial charge in [0.2, 0.25) is 0 Å². The van der Waals surface area contributed by atoms with Gasteiger partial charge in [0.25, 0.3) is 0 Å². The molecule has 6 heteroatoms. The number of nitrogens with one attached hydrogen (secondary N) is 2. The Hall–Kier alpha value is -1.32. The summed E-state index contributed by atoms with van der Waals surface area (Å²) in [6.07, 6.45) is 6.48. The zero-order chi connectivity index (χ0) is 14.5. The summed E-state index contributed by atoms with van der Waals surface area (Å²) in [5, 5.41) is 11.2. The third-order valence-corrected chi connectivity index (χ3v) is 3.52. The molecule has 2 rings (SSSR count). The number of nitrogens with zero attached hydrogens (tertiary/aromatic N) is 3. The highest BCUT2D eigenvalue weighted by molar-refractivity contribution is 5.41. The molecule has 1 saturated heterocycles. The largest absolute Gasteiger partial charge is 0.379 e. The molecule has 0 unspecified atom stereocenters. The van der Waals surface area contributed by atoms with E-state index in [2.05, 4.69) is 20.9 Å². The first-order valence-electron chi connectivity index (χ1n) is 7.36. The van der Waals surface area contributed by atoms with Crippen molar-refractivity contribution in [2.75, 3.05) is 39.4 Å². The molecule has 0 bridgehead atoms. The summed E-state index contributed by atoms with van der Waals surface area (Å²) < 4.78 is 5.30. The maximum absolute atomic E-state index is 5.62. The van der Waals surface area contributed by atoms with Crippen LogP contribution in [0.1, 0.15) is 32.1 Å². The first-order chi connectivity index (χ1) is 9.86. The second-order valence-electron chi connectivity index (χ2n) is 4.98. The Morgan fingerprint density at radius 1 is 1.10 bits per heavy atom. The van der Waals surface area contributed by atoms with Gasteiger partial charge in [-0.25, -0.2) is 20.8 Å². The monoisotopic (exact) mass is 279 g/mol. The normalized spacial score (nSPS) is 20.0. The lowest BCUT2D eigenvalue weighted by Crippen LogP contribution is -2.37. The second kappa shape index (κ2) is 11.5. The van der Waals surface area contributed by atoms with E-state index >= 15 is 0 Å². The predicted molar refractivity (Wildman–Crippen MR) is 79.3 cm³/mol. The molecule has 2 N–H and O–H groups in total. The highest BCUT2D eigenvalue weighted by atomic mass is 16.5. The summed E-state index contributed by atoms with van der Waals surface area (Å²) in [7, 11) is 0. The fourth-order valence-corrected chi connectivity index (χ4v) is 2.40. The van der Waals surface area contributed by atoms with Crippen molar-refractivity contribution >= 4 is 12.0 Å². The molecule has 6 nitrogen and oxygen atoms in total. The van der Waals surface area contributed by atoms with Crippen molar-refractivity contribution in [1.82, 2.24) is 4.90 Å². The van der Waals surface area contributed by atoms with Crippen LogP contribution in [0.2, 0.25) is 0 Å². The van der Waals surface area contributed by atoms with Gasteiger partial charge in [-0.3, -0.25) is 4.90 Å². The molecule has 0 aromatic heterocycles. The van der Waals surface area contributed by atoms with E-state index in [1.54, 1.807) is 0 Å². The van der Waals surface area contributed by atoms with Crippen LogP contribution in [0.5, 0.6) is 0 Å². The van der Waals surface area contributed by atoms with Crippen molar-refractivity contribution < 1.29 is 4.74 Å². The van der Waals surface area contributed by atoms with Crippen LogP contribution in [0.4, 0.5) is 0 Å². The van der Waals surface area contributed by atoms with E-state index in [4.69, 9.17) is 15.6 Å². The van der Waals surface area contributed by atoms with E-state index in [0.29, 0.717) is 6.04 Å². The van der Waals surface area contributed by atoms with Crippen molar-refractivity contribution in [3.8, 4) is 0 Å². The van der Waals surface area contributed by atoms with Crippen LogP contribution < -0.4 is 0 Å². The Balaban J connectivity index is 0.000000612. The molecule has 1 heterocycles. The topological polar surface area (TPSA) is 84.9 Å². The Kier molecular flexibility index (Phi) is 9.62. The molecule has 0 spiro atoms. The summed E-state index contributed by atoms with van der Waals surface area (Å²) >= 11 is 0. The molecular weight excluding hydrogens is 254 g/mol. The van der Waals surface area contributed by atoms with Crippen LogP contribution in [0, 0.1) is 10.8 Å². The maximum atomic E-state index is 5.62. The summed E-state index contributed by atoms with van der Waals surface area (Å²) in [6.45, 7) is 5.62. The zero-order valence-electron chi connectivity index (χ0n) is 12.1. The quantitative estimate of drug-likeness (QED) is 0.773. The Labute approximate surface area is 121 Å². The standard InChI is InChI=1S/C13H23N3O.CH2N2/c1-2-4-13(5-3-1)15-12-14-6-7-16-8-10-17-11-9-16;2-1-3/h13H,1-11H2;2-3H. The van der Waals surface area contributed by atoms with Crippen molar-refractivity contribution in [3.63, 3.8) is 0 Å². The smallest absolute Gasteiger partial charge is 0.0895 e. The third kappa shape index (κ3) is 7.97. The fourth-order valence-electron chi connectivity index (χ4n) is 2.40. The van der Waals surface area contributed by atoms with Crippen molar-refractivity contribution in [1.29, 1.82) is 10.8 Å². The number of aliphatic imine (C=N–C) groups is 2. The molecule has 1 aliphatic carbocycles. The SMILES string of the molecule is C(=NCCN1CCOCC1)=NC1CCCCC1.N=C=N. The minimum absolute atomic E-state index is 0.496. The van der Waals surface area contributed by atoms with E-state index in [-0.39, 0.29) is 0 Å². The molecule has 1 saturated carbocycles. The molecule has 20 heavy (non-hydrogen) atoms. The van der Waals surface area contributed by atoms with Crippen LogP contribution in [0.15, 0.2) is 9.98 Å². The van der Waals surface area contributed by atoms with Gasteiger partial charge in [-0.2, -0.15) is 0 Å². The summed E-state index contributed by atoms with van der Waals surface area (Å²) in [6, 6.07) is 4.63. The average molecular weight is 279 g/mol. The molecule has 2 aliphatic rings. The zero-order valence-corrected chi connectivity index (χ0v) is 12.1. The van der Waals surface area contributed by atoms with Crippen molar-refractivity contribution in [2.45, 2.75) is 38.1 Å². The van der Waals surface area contributed by atoms with Gasteiger partial charge in [0.1, 0.15) is 0 Å². The lowest BCUT2D eigenvalue weighted by Gasteiger charge is -2.25. The maximum Gasteiger partial charge on any atom is 0.0895 e. The molecule has 112 valence electrons. The van der Waals surface area contributed by atoms with Crippen LogP contribution >= 0.6 is 0 Å². The van der Waals surface area contributed by atoms with Gasteiger partial charge in [-0.1, -0.05) is 19.3 Å². The number of hydrogen-bond donors (Lipinski definition) is 2. The number of rotatable bonds is 4. The highest BCUT2D eigenvalue weighted by Crippen LogP contribution is 2.19.